The van der Waals surface area contributed by atoms with Gasteiger partial charge in [0.15, 0.2) is 0 Å². The van der Waals surface area contributed by atoms with Crippen molar-refractivity contribution in [3.63, 3.8) is 0 Å². The van der Waals surface area contributed by atoms with Gasteiger partial charge in [-0.05, 0) is 25.5 Å². The summed E-state index contributed by atoms with van der Waals surface area (Å²) in [5.41, 5.74) is 0. The molecule has 1 rings (SSSR count). The SMILES string of the molecule is CC(O)CC1C=CCCS1. The summed E-state index contributed by atoms with van der Waals surface area (Å²) in [6, 6.07) is 0. The Morgan fingerprint density at radius 2 is 2.60 bits per heavy atom. The maximum atomic E-state index is 9.06. The highest BCUT2D eigenvalue weighted by atomic mass is 32.2. The van der Waals surface area contributed by atoms with Crippen molar-refractivity contribution in [3.8, 4) is 0 Å². The summed E-state index contributed by atoms with van der Waals surface area (Å²) in [5, 5.41) is 9.62. The fourth-order valence-corrected chi connectivity index (χ4v) is 2.29. The number of thioether (sulfide) groups is 1. The third-order valence-electron chi connectivity index (χ3n) is 1.54. The van der Waals surface area contributed by atoms with Crippen molar-refractivity contribution in [2.24, 2.45) is 0 Å². The molecule has 1 N–H and O–H groups in total. The molecule has 0 spiro atoms. The second-order valence-corrected chi connectivity index (χ2v) is 4.06. The van der Waals surface area contributed by atoms with Crippen molar-refractivity contribution in [1.29, 1.82) is 0 Å². The summed E-state index contributed by atoms with van der Waals surface area (Å²) in [4.78, 5) is 0. The predicted octanol–water partition coefficient (Wildman–Crippen LogP) is 1.82. The molecule has 2 atom stereocenters. The summed E-state index contributed by atoms with van der Waals surface area (Å²) in [6.07, 6.45) is 6.37. The van der Waals surface area contributed by atoms with E-state index in [4.69, 9.17) is 5.11 Å². The highest BCUT2D eigenvalue weighted by Gasteiger charge is 2.10. The first-order valence-corrected chi connectivity index (χ1v) is 4.80. The standard InChI is InChI=1S/C8H14OS/c1-7(9)6-8-4-2-3-5-10-8/h2,4,7-9H,3,5-6H2,1H3. The van der Waals surface area contributed by atoms with Crippen molar-refractivity contribution in [3.05, 3.63) is 12.2 Å². The average molecular weight is 158 g/mol. The van der Waals surface area contributed by atoms with Crippen LogP contribution in [0.15, 0.2) is 12.2 Å². The maximum Gasteiger partial charge on any atom is 0.0525 e. The number of allylic oxidation sites excluding steroid dienone is 1. The van der Waals surface area contributed by atoms with Gasteiger partial charge in [-0.1, -0.05) is 12.2 Å². The van der Waals surface area contributed by atoms with Gasteiger partial charge in [-0.25, -0.2) is 0 Å². The molecule has 0 aliphatic carbocycles. The highest BCUT2D eigenvalue weighted by Crippen LogP contribution is 2.22. The van der Waals surface area contributed by atoms with Crippen molar-refractivity contribution in [1.82, 2.24) is 0 Å². The van der Waals surface area contributed by atoms with Gasteiger partial charge in [-0.15, -0.1) is 0 Å². The molecular weight excluding hydrogens is 144 g/mol. The van der Waals surface area contributed by atoms with Gasteiger partial charge in [-0.3, -0.25) is 0 Å². The number of rotatable bonds is 2. The van der Waals surface area contributed by atoms with Gasteiger partial charge in [0.1, 0.15) is 0 Å². The van der Waals surface area contributed by atoms with Gasteiger partial charge >= 0.3 is 0 Å². The van der Waals surface area contributed by atoms with Crippen molar-refractivity contribution < 1.29 is 5.11 Å². The van der Waals surface area contributed by atoms with Crippen LogP contribution in [0.25, 0.3) is 0 Å². The van der Waals surface area contributed by atoms with E-state index in [1.165, 1.54) is 12.2 Å². The topological polar surface area (TPSA) is 20.2 Å². The third kappa shape index (κ3) is 2.76. The number of aliphatic hydroxyl groups excluding tert-OH is 1. The lowest BCUT2D eigenvalue weighted by molar-refractivity contribution is 0.187. The first-order chi connectivity index (χ1) is 4.79. The van der Waals surface area contributed by atoms with E-state index in [9.17, 15) is 0 Å². The van der Waals surface area contributed by atoms with Gasteiger partial charge < -0.3 is 5.11 Å². The molecule has 0 aromatic carbocycles. The van der Waals surface area contributed by atoms with E-state index >= 15 is 0 Å². The molecule has 1 aliphatic rings. The maximum absolute atomic E-state index is 9.06. The normalized spacial score (nSPS) is 28.4. The number of hydrogen-bond donors (Lipinski definition) is 1. The monoisotopic (exact) mass is 158 g/mol. The number of aliphatic hydroxyl groups is 1. The lowest BCUT2D eigenvalue weighted by atomic mass is 10.2. The fraction of sp³-hybridized carbons (Fsp3) is 0.750. The Morgan fingerprint density at radius 3 is 3.10 bits per heavy atom. The van der Waals surface area contributed by atoms with Gasteiger partial charge in [0.05, 0.1) is 6.10 Å². The minimum Gasteiger partial charge on any atom is -0.393 e. The molecule has 10 heavy (non-hydrogen) atoms. The van der Waals surface area contributed by atoms with E-state index in [0.29, 0.717) is 5.25 Å². The van der Waals surface area contributed by atoms with E-state index in [2.05, 4.69) is 12.2 Å². The van der Waals surface area contributed by atoms with E-state index in [0.717, 1.165) is 6.42 Å². The van der Waals surface area contributed by atoms with Crippen LogP contribution in [0.5, 0.6) is 0 Å². The molecule has 0 fully saturated rings. The second-order valence-electron chi connectivity index (χ2n) is 2.71. The van der Waals surface area contributed by atoms with Crippen LogP contribution in [-0.4, -0.2) is 22.2 Å². The smallest absolute Gasteiger partial charge is 0.0525 e. The van der Waals surface area contributed by atoms with Crippen LogP contribution >= 0.6 is 11.8 Å². The highest BCUT2D eigenvalue weighted by molar-refractivity contribution is 8.00. The minimum atomic E-state index is -0.153. The van der Waals surface area contributed by atoms with Gasteiger partial charge in [0.25, 0.3) is 0 Å². The lowest BCUT2D eigenvalue weighted by Crippen LogP contribution is -2.12. The molecule has 2 unspecified atom stereocenters. The fourth-order valence-electron chi connectivity index (χ4n) is 1.07. The Morgan fingerprint density at radius 1 is 1.80 bits per heavy atom. The largest absolute Gasteiger partial charge is 0.393 e. The van der Waals surface area contributed by atoms with Crippen LogP contribution < -0.4 is 0 Å². The molecule has 2 heteroatoms. The summed E-state index contributed by atoms with van der Waals surface area (Å²) < 4.78 is 0. The zero-order valence-electron chi connectivity index (χ0n) is 6.29. The van der Waals surface area contributed by atoms with Crippen LogP contribution in [0.2, 0.25) is 0 Å². The van der Waals surface area contributed by atoms with Gasteiger partial charge in [0, 0.05) is 5.25 Å². The Labute approximate surface area is 66.5 Å². The van der Waals surface area contributed by atoms with Gasteiger partial charge in [-0.2, -0.15) is 11.8 Å². The van der Waals surface area contributed by atoms with E-state index in [-0.39, 0.29) is 6.10 Å². The zero-order chi connectivity index (χ0) is 7.40. The van der Waals surface area contributed by atoms with Crippen molar-refractivity contribution in [2.45, 2.75) is 31.1 Å². The van der Waals surface area contributed by atoms with E-state index in [1.807, 2.05) is 18.7 Å². The van der Waals surface area contributed by atoms with Crippen molar-refractivity contribution in [2.75, 3.05) is 5.75 Å². The molecule has 0 saturated carbocycles. The Balaban J connectivity index is 2.26. The molecule has 58 valence electrons. The molecule has 0 amide bonds. The van der Waals surface area contributed by atoms with E-state index in [1.54, 1.807) is 0 Å². The molecule has 1 heterocycles. The molecule has 1 nitrogen and oxygen atoms in total. The predicted molar refractivity (Wildman–Crippen MR) is 46.3 cm³/mol. The van der Waals surface area contributed by atoms with Crippen LogP contribution in [0, 0.1) is 0 Å². The second kappa shape index (κ2) is 4.04. The third-order valence-corrected chi connectivity index (χ3v) is 2.79. The average Bonchev–Trinajstić information content (AvgIpc) is 1.88. The lowest BCUT2D eigenvalue weighted by Gasteiger charge is -2.16. The van der Waals surface area contributed by atoms with Crippen LogP contribution in [-0.2, 0) is 0 Å². The molecule has 0 aromatic rings. The first-order valence-electron chi connectivity index (χ1n) is 3.75. The first kappa shape index (κ1) is 8.15. The Hall–Kier alpha value is 0.0500. The number of hydrogen-bond acceptors (Lipinski definition) is 2. The summed E-state index contributed by atoms with van der Waals surface area (Å²) in [5.74, 6) is 1.22. The van der Waals surface area contributed by atoms with Gasteiger partial charge in [0.2, 0.25) is 0 Å². The molecule has 0 radical (unpaired) electrons. The summed E-state index contributed by atoms with van der Waals surface area (Å²) >= 11 is 1.94. The molecular formula is C8H14OS. The molecule has 0 aromatic heterocycles. The van der Waals surface area contributed by atoms with Crippen LogP contribution in [0.3, 0.4) is 0 Å². The Kier molecular flexibility index (Phi) is 3.29. The van der Waals surface area contributed by atoms with E-state index < -0.39 is 0 Å². The summed E-state index contributed by atoms with van der Waals surface area (Å²) in [7, 11) is 0. The molecule has 0 saturated heterocycles. The van der Waals surface area contributed by atoms with Crippen LogP contribution in [0.1, 0.15) is 19.8 Å². The molecule has 0 bridgehead atoms. The van der Waals surface area contributed by atoms with Crippen LogP contribution in [0.4, 0.5) is 0 Å². The quantitative estimate of drug-likeness (QED) is 0.619. The van der Waals surface area contributed by atoms with Crippen molar-refractivity contribution >= 4 is 11.8 Å². The Bertz CT molecular complexity index is 120. The minimum absolute atomic E-state index is 0.153. The summed E-state index contributed by atoms with van der Waals surface area (Å²) in [6.45, 7) is 1.85. The zero-order valence-corrected chi connectivity index (χ0v) is 7.10. The molecule has 1 aliphatic heterocycles.